The van der Waals surface area contributed by atoms with Gasteiger partial charge in [0.2, 0.25) is 0 Å². The Morgan fingerprint density at radius 2 is 2.38 bits per heavy atom. The number of hydrogen-bond donors (Lipinski definition) is 0. The molecule has 0 saturated carbocycles. The van der Waals surface area contributed by atoms with Crippen LogP contribution in [-0.4, -0.2) is 21.5 Å². The molecule has 0 aliphatic heterocycles. The van der Waals surface area contributed by atoms with Crippen LogP contribution in [0, 0.1) is 0 Å². The maximum absolute atomic E-state index is 11.0. The molecule has 0 aromatic carbocycles. The third kappa shape index (κ3) is 5.32. The van der Waals surface area contributed by atoms with Crippen molar-refractivity contribution in [2.24, 2.45) is 0 Å². The zero-order valence-electron chi connectivity index (χ0n) is 3.98. The van der Waals surface area contributed by atoms with E-state index in [0.29, 0.717) is 0 Å². The molecule has 0 fully saturated rings. The Kier molecular flexibility index (Phi) is 8.16. The van der Waals surface area contributed by atoms with E-state index in [2.05, 4.69) is 11.0 Å². The van der Waals surface area contributed by atoms with Crippen LogP contribution in [0.5, 0.6) is 0 Å². The molecule has 5 heteroatoms. The van der Waals surface area contributed by atoms with E-state index >= 15 is 0 Å². The van der Waals surface area contributed by atoms with Gasteiger partial charge in [0.15, 0.2) is 0 Å². The van der Waals surface area contributed by atoms with Crippen LogP contribution in [0.3, 0.4) is 0 Å². The summed E-state index contributed by atoms with van der Waals surface area (Å²) in [6, 6.07) is 0. The summed E-state index contributed by atoms with van der Waals surface area (Å²) in [7, 11) is -1.28. The van der Waals surface area contributed by atoms with Crippen molar-refractivity contribution in [1.29, 1.82) is 0 Å². The van der Waals surface area contributed by atoms with Gasteiger partial charge in [-0.05, 0) is 0 Å². The summed E-state index contributed by atoms with van der Waals surface area (Å²) >= 11 is 0. The molecule has 0 aliphatic rings. The smallest absolute Gasteiger partial charge is 0.485 e. The Labute approximate surface area is 48.6 Å². The molecule has 0 rings (SSSR count). The van der Waals surface area contributed by atoms with Gasteiger partial charge >= 0.3 is 16.1 Å². The third-order valence-electron chi connectivity index (χ3n) is 0.306. The molecule has 2 radical (unpaired) electrons. The van der Waals surface area contributed by atoms with E-state index in [9.17, 15) is 8.90 Å². The first kappa shape index (κ1) is 10.3. The summed E-state index contributed by atoms with van der Waals surface area (Å²) in [5.74, 6) is -0.721. The van der Waals surface area contributed by atoms with Gasteiger partial charge in [0.05, 0.1) is 0 Å². The van der Waals surface area contributed by atoms with Gasteiger partial charge < -0.3 is 9.90 Å². The van der Waals surface area contributed by atoms with E-state index in [0.717, 1.165) is 6.08 Å². The largest absolute Gasteiger partial charge is 0.568 e. The highest BCUT2D eigenvalue weighted by atomic mass is 28.3. The van der Waals surface area contributed by atoms with Crippen LogP contribution in [0.15, 0.2) is 12.7 Å². The molecule has 0 atom stereocenters. The summed E-state index contributed by atoms with van der Waals surface area (Å²) in [4.78, 5) is 9.84. The van der Waals surface area contributed by atoms with E-state index in [-0.39, 0.29) is 5.48 Å². The summed E-state index contributed by atoms with van der Waals surface area (Å²) in [6.45, 7) is 3.04. The van der Waals surface area contributed by atoms with E-state index in [1.807, 2.05) is 0 Å². The molecule has 2 N–H and O–H groups in total. The fraction of sp³-hybridized carbons (Fsp3) is 0. The zero-order valence-corrected chi connectivity index (χ0v) is 4.98. The van der Waals surface area contributed by atoms with E-state index in [4.69, 9.17) is 0 Å². The molecule has 0 amide bonds. The summed E-state index contributed by atoms with van der Waals surface area (Å²) in [5, 5.41) is 0. The molecule has 3 nitrogen and oxygen atoms in total. The highest BCUT2D eigenvalue weighted by Gasteiger charge is 1.93. The van der Waals surface area contributed by atoms with E-state index in [1.54, 1.807) is 0 Å². The Morgan fingerprint density at radius 1 is 1.88 bits per heavy atom. The van der Waals surface area contributed by atoms with Gasteiger partial charge in [-0.2, -0.15) is 0 Å². The minimum absolute atomic E-state index is 0. The number of carbonyl (C=O) groups is 1. The fourth-order valence-electron chi connectivity index (χ4n) is 0.0797. The van der Waals surface area contributed by atoms with Gasteiger partial charge in [0.1, 0.15) is 0 Å². The maximum atomic E-state index is 11.0. The van der Waals surface area contributed by atoms with Gasteiger partial charge in [0.25, 0.3) is 0 Å². The standard InChI is InChI=1S/C3H3FO2Si.H2O/c1-2-3(5)6-7-4;/h2H,1H2;1H2. The lowest BCUT2D eigenvalue weighted by atomic mass is 10.7. The molecule has 0 unspecified atom stereocenters. The molecule has 0 aliphatic carbocycles. The normalized spacial score (nSPS) is 6.62. The Bertz CT molecular complexity index is 84.6. The maximum Gasteiger partial charge on any atom is 0.568 e. The molecule has 0 aromatic rings. The molecule has 0 saturated heterocycles. The minimum Gasteiger partial charge on any atom is -0.485 e. The van der Waals surface area contributed by atoms with Crippen LogP contribution >= 0.6 is 0 Å². The number of hydrogen-bond acceptors (Lipinski definition) is 2. The topological polar surface area (TPSA) is 57.8 Å². The van der Waals surface area contributed by atoms with Crippen molar-refractivity contribution in [3.05, 3.63) is 12.7 Å². The van der Waals surface area contributed by atoms with Crippen molar-refractivity contribution in [1.82, 2.24) is 0 Å². The van der Waals surface area contributed by atoms with Crippen LogP contribution in [0.4, 0.5) is 4.11 Å². The summed E-state index contributed by atoms with van der Waals surface area (Å²) in [6.07, 6.45) is 0.909. The van der Waals surface area contributed by atoms with Gasteiger partial charge in [-0.3, -0.25) is 4.11 Å². The lowest BCUT2D eigenvalue weighted by Gasteiger charge is -1.85. The van der Waals surface area contributed by atoms with Crippen molar-refractivity contribution in [2.75, 3.05) is 0 Å². The first-order valence-electron chi connectivity index (χ1n) is 1.50. The predicted octanol–water partition coefficient (Wildman–Crippen LogP) is -0.605. The lowest BCUT2D eigenvalue weighted by molar-refractivity contribution is -0.129. The van der Waals surface area contributed by atoms with Crippen LogP contribution in [0.2, 0.25) is 0 Å². The first-order valence-corrected chi connectivity index (χ1v) is 2.28. The monoisotopic (exact) mass is 136 g/mol. The number of halogens is 1. The third-order valence-corrected chi connectivity index (χ3v) is 0.584. The molecule has 0 aromatic heterocycles. The second kappa shape index (κ2) is 6.32. The van der Waals surface area contributed by atoms with Crippen LogP contribution in [0.1, 0.15) is 0 Å². The Hall–Kier alpha value is -0.683. The highest BCUT2D eigenvalue weighted by molar-refractivity contribution is 6.22. The first-order chi connectivity index (χ1) is 3.31. The second-order valence-corrected chi connectivity index (χ2v) is 1.06. The Morgan fingerprint density at radius 3 is 2.50 bits per heavy atom. The molecule has 0 spiro atoms. The average Bonchev–Trinajstić information content (AvgIpc) is 1.68. The number of rotatable bonds is 2. The second-order valence-electron chi connectivity index (χ2n) is 0.702. The van der Waals surface area contributed by atoms with Crippen LogP contribution in [-0.2, 0) is 9.22 Å². The molecular formula is C3H5FO3Si. The molecule has 46 valence electrons. The Balaban J connectivity index is 0. The van der Waals surface area contributed by atoms with Crippen LogP contribution < -0.4 is 0 Å². The van der Waals surface area contributed by atoms with Crippen molar-refractivity contribution < 1.29 is 18.8 Å². The van der Waals surface area contributed by atoms with E-state index in [1.165, 1.54) is 0 Å². The number of carbonyl (C=O) groups excluding carboxylic acids is 1. The molecule has 0 bridgehead atoms. The summed E-state index contributed by atoms with van der Waals surface area (Å²) in [5.41, 5.74) is 0. The molecule has 0 heterocycles. The van der Waals surface area contributed by atoms with Gasteiger partial charge in [-0.15, -0.1) is 0 Å². The zero-order chi connectivity index (χ0) is 5.70. The average molecular weight is 136 g/mol. The minimum atomic E-state index is -1.28. The quantitative estimate of drug-likeness (QED) is 0.289. The summed E-state index contributed by atoms with van der Waals surface area (Å²) < 4.78 is 14.8. The van der Waals surface area contributed by atoms with Gasteiger partial charge in [-0.25, -0.2) is 4.79 Å². The van der Waals surface area contributed by atoms with Crippen LogP contribution in [0.25, 0.3) is 0 Å². The highest BCUT2D eigenvalue weighted by Crippen LogP contribution is 1.73. The van der Waals surface area contributed by atoms with E-state index < -0.39 is 16.1 Å². The van der Waals surface area contributed by atoms with Gasteiger partial charge in [-0.1, -0.05) is 6.58 Å². The van der Waals surface area contributed by atoms with Crippen molar-refractivity contribution >= 4 is 16.1 Å². The predicted molar refractivity (Wildman–Crippen MR) is 26.8 cm³/mol. The van der Waals surface area contributed by atoms with Crippen molar-refractivity contribution in [2.45, 2.75) is 0 Å². The fourth-order valence-corrected chi connectivity index (χ4v) is 0.239. The van der Waals surface area contributed by atoms with Crippen molar-refractivity contribution in [3.63, 3.8) is 0 Å². The van der Waals surface area contributed by atoms with Gasteiger partial charge in [0, 0.05) is 6.08 Å². The molecule has 8 heavy (non-hydrogen) atoms. The van der Waals surface area contributed by atoms with Crippen molar-refractivity contribution in [3.8, 4) is 0 Å². The molecular weight excluding hydrogens is 131 g/mol. The lowest BCUT2D eigenvalue weighted by Crippen LogP contribution is -1.99. The SMILES string of the molecule is C=CC(=O)O[Si]F.O.